The zero-order valence-electron chi connectivity index (χ0n) is 5.83. The Bertz CT molecular complexity index is 420. The van der Waals surface area contributed by atoms with Gasteiger partial charge in [0, 0.05) is 23.3 Å². The van der Waals surface area contributed by atoms with Crippen molar-refractivity contribution in [3.63, 3.8) is 0 Å². The highest BCUT2D eigenvalue weighted by atomic mass is 14.7. The Labute approximate surface area is 64.3 Å². The first kappa shape index (κ1) is 5.99. The molecule has 2 aromatic rings. The Morgan fingerprint density at radius 2 is 2.45 bits per heavy atom. The van der Waals surface area contributed by atoms with Crippen molar-refractivity contribution in [3.8, 4) is 12.3 Å². The van der Waals surface area contributed by atoms with E-state index in [1.165, 1.54) is 0 Å². The Balaban J connectivity index is 2.79. The molecule has 0 aromatic carbocycles. The van der Waals surface area contributed by atoms with Crippen LogP contribution in [0.1, 0.15) is 5.69 Å². The molecule has 2 nitrogen and oxygen atoms in total. The molecule has 0 saturated heterocycles. The second-order valence-corrected chi connectivity index (χ2v) is 2.28. The van der Waals surface area contributed by atoms with Gasteiger partial charge in [-0.3, -0.25) is 0 Å². The molecule has 0 aliphatic rings. The van der Waals surface area contributed by atoms with Crippen LogP contribution >= 0.6 is 0 Å². The average molecular weight is 142 g/mol. The zero-order chi connectivity index (χ0) is 7.68. The summed E-state index contributed by atoms with van der Waals surface area (Å²) in [6, 6.07) is 3.82. The van der Waals surface area contributed by atoms with Crippen LogP contribution in [0.4, 0.5) is 0 Å². The summed E-state index contributed by atoms with van der Waals surface area (Å²) in [6.45, 7) is 0. The normalized spacial score (nSPS) is 9.73. The molecule has 0 bridgehead atoms. The zero-order valence-corrected chi connectivity index (χ0v) is 5.83. The lowest BCUT2D eigenvalue weighted by molar-refractivity contribution is 1.31. The molecule has 0 saturated carbocycles. The van der Waals surface area contributed by atoms with Gasteiger partial charge in [0.2, 0.25) is 0 Å². The molecule has 2 heterocycles. The summed E-state index contributed by atoms with van der Waals surface area (Å²) in [5.74, 6) is 2.48. The molecule has 0 radical (unpaired) electrons. The van der Waals surface area contributed by atoms with Crippen LogP contribution in [0.5, 0.6) is 0 Å². The highest BCUT2D eigenvalue weighted by Gasteiger charge is 1.94. The molecule has 0 fully saturated rings. The van der Waals surface area contributed by atoms with Crippen LogP contribution in [0.3, 0.4) is 0 Å². The van der Waals surface area contributed by atoms with Crippen molar-refractivity contribution < 1.29 is 0 Å². The van der Waals surface area contributed by atoms with Gasteiger partial charge < -0.3 is 4.98 Å². The Morgan fingerprint density at radius 1 is 1.55 bits per heavy atom. The maximum Gasteiger partial charge on any atom is 0.114 e. The summed E-state index contributed by atoms with van der Waals surface area (Å²) < 4.78 is 0. The van der Waals surface area contributed by atoms with Crippen molar-refractivity contribution >= 4 is 10.9 Å². The Hall–Kier alpha value is -1.75. The summed E-state index contributed by atoms with van der Waals surface area (Å²) in [6.07, 6.45) is 8.82. The van der Waals surface area contributed by atoms with E-state index in [4.69, 9.17) is 6.42 Å². The van der Waals surface area contributed by atoms with Gasteiger partial charge in [-0.2, -0.15) is 0 Å². The lowest BCUT2D eigenvalue weighted by Crippen LogP contribution is -1.79. The number of pyridine rings is 1. The molecule has 0 spiro atoms. The van der Waals surface area contributed by atoms with Crippen LogP contribution in [0.15, 0.2) is 24.5 Å². The van der Waals surface area contributed by atoms with Gasteiger partial charge in [-0.05, 0) is 12.1 Å². The Kier molecular flexibility index (Phi) is 1.16. The predicted molar refractivity (Wildman–Crippen MR) is 44.0 cm³/mol. The monoisotopic (exact) mass is 142 g/mol. The van der Waals surface area contributed by atoms with Crippen molar-refractivity contribution in [2.24, 2.45) is 0 Å². The molecule has 0 amide bonds. The molecule has 0 aliphatic heterocycles. The number of fused-ring (bicyclic) bond motifs is 1. The fourth-order valence-electron chi connectivity index (χ4n) is 1.02. The number of aromatic amines is 1. The van der Waals surface area contributed by atoms with Crippen LogP contribution in [-0.2, 0) is 0 Å². The van der Waals surface area contributed by atoms with Gasteiger partial charge in [0.05, 0.1) is 0 Å². The predicted octanol–water partition coefficient (Wildman–Crippen LogP) is 1.54. The van der Waals surface area contributed by atoms with Gasteiger partial charge in [-0.15, -0.1) is 6.42 Å². The maximum atomic E-state index is 5.18. The molecule has 2 aromatic heterocycles. The van der Waals surface area contributed by atoms with Gasteiger partial charge in [-0.25, -0.2) is 4.98 Å². The van der Waals surface area contributed by atoms with E-state index < -0.39 is 0 Å². The first-order chi connectivity index (χ1) is 5.40. The van der Waals surface area contributed by atoms with E-state index in [0.29, 0.717) is 5.69 Å². The van der Waals surface area contributed by atoms with Crippen molar-refractivity contribution in [2.45, 2.75) is 0 Å². The number of hydrogen-bond donors (Lipinski definition) is 1. The standard InChI is InChI=1S/C9H6N2/c1-2-8-5-9-7(6-11-8)3-4-10-9/h1,3-6,10H. The lowest BCUT2D eigenvalue weighted by Gasteiger charge is -1.89. The summed E-state index contributed by atoms with van der Waals surface area (Å²) >= 11 is 0. The highest BCUT2D eigenvalue weighted by molar-refractivity contribution is 5.78. The number of hydrogen-bond acceptors (Lipinski definition) is 1. The smallest absolute Gasteiger partial charge is 0.114 e. The molecular formula is C9H6N2. The van der Waals surface area contributed by atoms with Crippen LogP contribution in [0.2, 0.25) is 0 Å². The summed E-state index contributed by atoms with van der Waals surface area (Å²) in [7, 11) is 0. The van der Waals surface area contributed by atoms with Crippen LogP contribution in [-0.4, -0.2) is 9.97 Å². The number of nitrogens with zero attached hydrogens (tertiary/aromatic N) is 1. The molecule has 52 valence electrons. The van der Waals surface area contributed by atoms with Gasteiger partial charge in [0.15, 0.2) is 0 Å². The lowest BCUT2D eigenvalue weighted by atomic mass is 10.3. The van der Waals surface area contributed by atoms with E-state index in [0.717, 1.165) is 10.9 Å². The third-order valence-electron chi connectivity index (χ3n) is 1.58. The number of terminal acetylenes is 1. The van der Waals surface area contributed by atoms with Crippen molar-refractivity contribution in [2.75, 3.05) is 0 Å². The number of H-pyrrole nitrogens is 1. The summed E-state index contributed by atoms with van der Waals surface area (Å²) in [5.41, 5.74) is 1.70. The minimum atomic E-state index is 0.667. The second-order valence-electron chi connectivity index (χ2n) is 2.28. The molecule has 2 heteroatoms. The largest absolute Gasteiger partial charge is 0.361 e. The van der Waals surface area contributed by atoms with E-state index in [9.17, 15) is 0 Å². The third kappa shape index (κ3) is 0.870. The third-order valence-corrected chi connectivity index (χ3v) is 1.58. The molecule has 0 unspecified atom stereocenters. The van der Waals surface area contributed by atoms with E-state index in [1.807, 2.05) is 18.3 Å². The summed E-state index contributed by atoms with van der Waals surface area (Å²) in [5, 5.41) is 1.09. The fraction of sp³-hybridized carbons (Fsp3) is 0. The SMILES string of the molecule is C#Cc1cc2[nH]ccc2cn1. The van der Waals surface area contributed by atoms with E-state index >= 15 is 0 Å². The topological polar surface area (TPSA) is 28.7 Å². The molecule has 0 atom stereocenters. The molecule has 1 N–H and O–H groups in total. The first-order valence-electron chi connectivity index (χ1n) is 3.30. The van der Waals surface area contributed by atoms with E-state index in [1.54, 1.807) is 6.20 Å². The van der Waals surface area contributed by atoms with Crippen molar-refractivity contribution in [1.82, 2.24) is 9.97 Å². The second kappa shape index (κ2) is 2.14. The number of aromatic nitrogens is 2. The van der Waals surface area contributed by atoms with Crippen LogP contribution < -0.4 is 0 Å². The number of nitrogens with one attached hydrogen (secondary N) is 1. The quantitative estimate of drug-likeness (QED) is 0.555. The average Bonchev–Trinajstić information content (AvgIpc) is 2.50. The number of rotatable bonds is 0. The molecule has 0 aliphatic carbocycles. The first-order valence-corrected chi connectivity index (χ1v) is 3.30. The van der Waals surface area contributed by atoms with Gasteiger partial charge in [-0.1, -0.05) is 5.92 Å². The highest BCUT2D eigenvalue weighted by Crippen LogP contribution is 2.10. The van der Waals surface area contributed by atoms with E-state index in [2.05, 4.69) is 15.9 Å². The minimum Gasteiger partial charge on any atom is -0.361 e. The minimum absolute atomic E-state index is 0.667. The van der Waals surface area contributed by atoms with E-state index in [-0.39, 0.29) is 0 Å². The fourth-order valence-corrected chi connectivity index (χ4v) is 1.02. The Morgan fingerprint density at radius 3 is 3.27 bits per heavy atom. The molecule has 11 heavy (non-hydrogen) atoms. The van der Waals surface area contributed by atoms with Crippen LogP contribution in [0, 0.1) is 12.3 Å². The molecule has 2 rings (SSSR count). The van der Waals surface area contributed by atoms with Crippen molar-refractivity contribution in [1.29, 1.82) is 0 Å². The van der Waals surface area contributed by atoms with Crippen LogP contribution in [0.25, 0.3) is 10.9 Å². The summed E-state index contributed by atoms with van der Waals surface area (Å²) in [4.78, 5) is 7.10. The molecular weight excluding hydrogens is 136 g/mol. The van der Waals surface area contributed by atoms with Gasteiger partial charge in [0.25, 0.3) is 0 Å². The van der Waals surface area contributed by atoms with Gasteiger partial charge >= 0.3 is 0 Å². The maximum absolute atomic E-state index is 5.18. The van der Waals surface area contributed by atoms with Gasteiger partial charge in [0.1, 0.15) is 5.69 Å². The van der Waals surface area contributed by atoms with Crippen molar-refractivity contribution in [3.05, 3.63) is 30.2 Å².